The minimum atomic E-state index is -0.772. The van der Waals surface area contributed by atoms with E-state index in [1.54, 1.807) is 0 Å². The maximum absolute atomic E-state index is 11.5. The lowest BCUT2D eigenvalue weighted by atomic mass is 9.84. The summed E-state index contributed by atoms with van der Waals surface area (Å²) in [5, 5.41) is 11.7. The Hall–Kier alpha value is -1.88. The van der Waals surface area contributed by atoms with E-state index in [-0.39, 0.29) is 12.1 Å². The van der Waals surface area contributed by atoms with Crippen molar-refractivity contribution >= 4 is 17.6 Å². The molecule has 28 heavy (non-hydrogen) atoms. The molecule has 0 radical (unpaired) electrons. The van der Waals surface area contributed by atoms with Gasteiger partial charge in [-0.15, -0.1) is 0 Å². The number of rotatable bonds is 7. The van der Waals surface area contributed by atoms with Crippen molar-refractivity contribution < 1.29 is 14.6 Å². The first kappa shape index (κ1) is 20.8. The van der Waals surface area contributed by atoms with Crippen LogP contribution in [0.1, 0.15) is 49.8 Å². The fourth-order valence-electron chi connectivity index (χ4n) is 3.86. The molecule has 1 aliphatic rings. The number of piperidine rings is 1. The second-order valence-electron chi connectivity index (χ2n) is 7.53. The summed E-state index contributed by atoms with van der Waals surface area (Å²) in [6.45, 7) is 4.09. The van der Waals surface area contributed by atoms with E-state index in [1.807, 2.05) is 54.6 Å². The zero-order valence-corrected chi connectivity index (χ0v) is 17.1. The van der Waals surface area contributed by atoms with E-state index in [0.29, 0.717) is 17.9 Å². The number of benzene rings is 2. The lowest BCUT2D eigenvalue weighted by Gasteiger charge is -2.38. The van der Waals surface area contributed by atoms with Crippen molar-refractivity contribution in [1.29, 1.82) is 0 Å². The lowest BCUT2D eigenvalue weighted by molar-refractivity contribution is -0.147. The number of esters is 1. The predicted octanol–water partition coefficient (Wildman–Crippen LogP) is 4.71. The minimum Gasteiger partial charge on any atom is -0.458 e. The summed E-state index contributed by atoms with van der Waals surface area (Å²) < 4.78 is 5.52. The van der Waals surface area contributed by atoms with Crippen LogP contribution in [-0.4, -0.2) is 35.6 Å². The van der Waals surface area contributed by atoms with E-state index in [0.717, 1.165) is 43.6 Å². The fourth-order valence-corrected chi connectivity index (χ4v) is 3.98. The molecule has 0 amide bonds. The van der Waals surface area contributed by atoms with Gasteiger partial charge in [0.1, 0.15) is 6.10 Å². The molecule has 1 N–H and O–H groups in total. The number of aliphatic hydroxyl groups is 1. The standard InChI is InChI=1S/C23H28ClNO3/c1-18(26)28-22(19-6-3-2-4-7-19)8-5-15-25-16-13-23(27,14-17-25)20-9-11-21(24)12-10-20/h2-4,6-7,9-12,22,27H,5,8,13-17H2,1H3. The number of ether oxygens (including phenoxy) is 1. The molecule has 0 aliphatic carbocycles. The third-order valence-electron chi connectivity index (χ3n) is 5.49. The number of halogens is 1. The molecule has 0 aromatic heterocycles. The second-order valence-corrected chi connectivity index (χ2v) is 7.97. The number of carbonyl (C=O) groups is 1. The molecule has 2 aromatic rings. The highest BCUT2D eigenvalue weighted by Gasteiger charge is 2.33. The van der Waals surface area contributed by atoms with Gasteiger partial charge in [-0.2, -0.15) is 0 Å². The molecule has 0 spiro atoms. The molecule has 5 heteroatoms. The molecule has 1 saturated heterocycles. The Kier molecular flexibility index (Phi) is 7.11. The van der Waals surface area contributed by atoms with Crippen molar-refractivity contribution in [3.63, 3.8) is 0 Å². The highest BCUT2D eigenvalue weighted by Crippen LogP contribution is 2.33. The summed E-state index contributed by atoms with van der Waals surface area (Å²) in [4.78, 5) is 13.8. The summed E-state index contributed by atoms with van der Waals surface area (Å²) in [5.41, 5.74) is 1.20. The molecule has 150 valence electrons. The molecule has 2 aromatic carbocycles. The summed E-state index contributed by atoms with van der Waals surface area (Å²) in [6, 6.07) is 17.4. The summed E-state index contributed by atoms with van der Waals surface area (Å²) >= 11 is 5.96. The van der Waals surface area contributed by atoms with E-state index in [9.17, 15) is 9.90 Å². The molecule has 1 atom stereocenters. The van der Waals surface area contributed by atoms with Crippen LogP contribution in [0.2, 0.25) is 5.02 Å². The van der Waals surface area contributed by atoms with Gasteiger partial charge in [-0.05, 0) is 55.5 Å². The van der Waals surface area contributed by atoms with Crippen molar-refractivity contribution in [3.05, 3.63) is 70.7 Å². The molecule has 1 fully saturated rings. The monoisotopic (exact) mass is 401 g/mol. The average molecular weight is 402 g/mol. The van der Waals surface area contributed by atoms with Gasteiger partial charge in [-0.3, -0.25) is 4.79 Å². The van der Waals surface area contributed by atoms with Gasteiger partial charge in [-0.25, -0.2) is 0 Å². The Morgan fingerprint density at radius 1 is 1.14 bits per heavy atom. The molecule has 3 rings (SSSR count). The fraction of sp³-hybridized carbons (Fsp3) is 0.435. The van der Waals surface area contributed by atoms with Crippen LogP contribution >= 0.6 is 11.6 Å². The number of likely N-dealkylation sites (tertiary alicyclic amines) is 1. The van der Waals surface area contributed by atoms with Crippen LogP contribution in [0.25, 0.3) is 0 Å². The van der Waals surface area contributed by atoms with Crippen LogP contribution in [-0.2, 0) is 15.1 Å². The SMILES string of the molecule is CC(=O)OC(CCCN1CCC(O)(c2ccc(Cl)cc2)CC1)c1ccccc1. The van der Waals surface area contributed by atoms with Gasteiger partial charge in [0, 0.05) is 25.0 Å². The van der Waals surface area contributed by atoms with Crippen molar-refractivity contribution in [3.8, 4) is 0 Å². The van der Waals surface area contributed by atoms with E-state index in [4.69, 9.17) is 16.3 Å². The van der Waals surface area contributed by atoms with Crippen LogP contribution in [0.3, 0.4) is 0 Å². The Morgan fingerprint density at radius 2 is 1.79 bits per heavy atom. The van der Waals surface area contributed by atoms with Gasteiger partial charge >= 0.3 is 5.97 Å². The summed E-state index contributed by atoms with van der Waals surface area (Å²) in [7, 11) is 0. The highest BCUT2D eigenvalue weighted by atomic mass is 35.5. The number of hydrogen-bond donors (Lipinski definition) is 1. The minimum absolute atomic E-state index is 0.200. The number of carbonyl (C=O) groups excluding carboxylic acids is 1. The van der Waals surface area contributed by atoms with Crippen molar-refractivity contribution in [1.82, 2.24) is 4.90 Å². The smallest absolute Gasteiger partial charge is 0.303 e. The third-order valence-corrected chi connectivity index (χ3v) is 5.74. The Bertz CT molecular complexity index is 755. The van der Waals surface area contributed by atoms with Gasteiger partial charge in [-0.1, -0.05) is 54.1 Å². The molecule has 1 unspecified atom stereocenters. The topological polar surface area (TPSA) is 49.8 Å². The second kappa shape index (κ2) is 9.55. The van der Waals surface area contributed by atoms with Crippen LogP contribution < -0.4 is 0 Å². The van der Waals surface area contributed by atoms with Crippen LogP contribution in [0.4, 0.5) is 0 Å². The Morgan fingerprint density at radius 3 is 2.39 bits per heavy atom. The average Bonchev–Trinajstić information content (AvgIpc) is 2.69. The maximum Gasteiger partial charge on any atom is 0.303 e. The van der Waals surface area contributed by atoms with Crippen molar-refractivity contribution in [2.75, 3.05) is 19.6 Å². The quantitative estimate of drug-likeness (QED) is 0.682. The maximum atomic E-state index is 11.5. The molecular formula is C23H28ClNO3. The van der Waals surface area contributed by atoms with E-state index >= 15 is 0 Å². The summed E-state index contributed by atoms with van der Waals surface area (Å²) in [5.74, 6) is -0.250. The molecule has 0 bridgehead atoms. The normalized spacial score (nSPS) is 17.8. The predicted molar refractivity (Wildman–Crippen MR) is 111 cm³/mol. The van der Waals surface area contributed by atoms with Gasteiger partial charge in [0.25, 0.3) is 0 Å². The van der Waals surface area contributed by atoms with Crippen LogP contribution in [0, 0.1) is 0 Å². The third kappa shape index (κ3) is 5.57. The number of nitrogens with zero attached hydrogens (tertiary/aromatic N) is 1. The molecule has 1 heterocycles. The Labute approximate surface area is 172 Å². The van der Waals surface area contributed by atoms with Gasteiger partial charge < -0.3 is 14.7 Å². The first-order valence-corrected chi connectivity index (χ1v) is 10.3. The largest absolute Gasteiger partial charge is 0.458 e. The first-order chi connectivity index (χ1) is 13.5. The van der Waals surface area contributed by atoms with Crippen molar-refractivity contribution in [2.45, 2.75) is 44.3 Å². The lowest BCUT2D eigenvalue weighted by Crippen LogP contribution is -2.42. The number of hydrogen-bond acceptors (Lipinski definition) is 4. The van der Waals surface area contributed by atoms with E-state index in [2.05, 4.69) is 4.90 Å². The molecular weight excluding hydrogens is 374 g/mol. The highest BCUT2D eigenvalue weighted by molar-refractivity contribution is 6.30. The van der Waals surface area contributed by atoms with Crippen LogP contribution in [0.5, 0.6) is 0 Å². The van der Waals surface area contributed by atoms with Crippen LogP contribution in [0.15, 0.2) is 54.6 Å². The first-order valence-electron chi connectivity index (χ1n) is 9.89. The van der Waals surface area contributed by atoms with Gasteiger partial charge in [0.15, 0.2) is 0 Å². The molecule has 0 saturated carbocycles. The van der Waals surface area contributed by atoms with E-state index in [1.165, 1.54) is 6.92 Å². The molecule has 4 nitrogen and oxygen atoms in total. The van der Waals surface area contributed by atoms with Gasteiger partial charge in [0.2, 0.25) is 0 Å². The Balaban J connectivity index is 1.49. The van der Waals surface area contributed by atoms with Gasteiger partial charge in [0.05, 0.1) is 5.60 Å². The zero-order chi connectivity index (χ0) is 20.0. The zero-order valence-electron chi connectivity index (χ0n) is 16.3. The molecule has 1 aliphatic heterocycles. The van der Waals surface area contributed by atoms with Crippen molar-refractivity contribution in [2.24, 2.45) is 0 Å². The van der Waals surface area contributed by atoms with E-state index < -0.39 is 5.60 Å². The summed E-state index contributed by atoms with van der Waals surface area (Å²) in [6.07, 6.45) is 2.95.